The second-order valence-electron chi connectivity index (χ2n) is 12.3. The molecule has 2 aliphatic carbocycles. The molecule has 2 aromatic heterocycles. The van der Waals surface area contributed by atoms with Gasteiger partial charge in [0.2, 0.25) is 0 Å². The van der Waals surface area contributed by atoms with E-state index < -0.39 is 0 Å². The van der Waals surface area contributed by atoms with E-state index in [1.807, 2.05) is 22.7 Å². The molecule has 0 N–H and O–H groups in total. The summed E-state index contributed by atoms with van der Waals surface area (Å²) in [6.07, 6.45) is 1.09. The van der Waals surface area contributed by atoms with Crippen molar-refractivity contribution in [3.05, 3.63) is 94.9 Å². The molecule has 2 aliphatic rings. The number of aryl methyl sites for hydroxylation is 3. The molecular formula is C40H24S2. The number of rotatable bonds is 1. The lowest BCUT2D eigenvalue weighted by Crippen LogP contribution is -1.91. The first kappa shape index (κ1) is 22.4. The van der Waals surface area contributed by atoms with Gasteiger partial charge in [-0.2, -0.15) is 0 Å². The highest BCUT2D eigenvalue weighted by molar-refractivity contribution is 7.23. The van der Waals surface area contributed by atoms with Crippen molar-refractivity contribution in [3.63, 3.8) is 0 Å². The molecule has 9 aromatic rings. The highest BCUT2D eigenvalue weighted by Gasteiger charge is 2.32. The van der Waals surface area contributed by atoms with Crippen molar-refractivity contribution >= 4 is 86.6 Å². The summed E-state index contributed by atoms with van der Waals surface area (Å²) < 4.78 is 1.40. The van der Waals surface area contributed by atoms with Crippen LogP contribution in [0, 0.1) is 13.8 Å². The molecule has 0 fully saturated rings. The van der Waals surface area contributed by atoms with Crippen LogP contribution >= 0.6 is 22.7 Å². The van der Waals surface area contributed by atoms with Crippen LogP contribution < -0.4 is 0 Å². The van der Waals surface area contributed by atoms with E-state index in [4.69, 9.17) is 0 Å². The molecule has 0 saturated heterocycles. The minimum absolute atomic E-state index is 1.09. The summed E-state index contributed by atoms with van der Waals surface area (Å²) in [4.78, 5) is 4.37. The molecule has 0 aliphatic heterocycles. The molecule has 7 aromatic carbocycles. The Morgan fingerprint density at radius 3 is 1.98 bits per heavy atom. The highest BCUT2D eigenvalue weighted by atomic mass is 32.1. The normalized spacial score (nSPS) is 13.2. The third kappa shape index (κ3) is 2.34. The Hall–Kier alpha value is -4.24. The van der Waals surface area contributed by atoms with Gasteiger partial charge in [-0.3, -0.25) is 0 Å². The fourth-order valence-electron chi connectivity index (χ4n) is 8.42. The SMILES string of the molecule is CCc1cc2c(s1)-c1ccc3c4ccc5c6c(ccc(c64)c4c6ccccc6c-2c1c34)-c1c-5sc2cc(C)c(C)cc12. The largest absolute Gasteiger partial charge is 0.140 e. The zero-order valence-electron chi connectivity index (χ0n) is 23.5. The van der Waals surface area contributed by atoms with Crippen LogP contribution in [0.15, 0.2) is 78.9 Å². The van der Waals surface area contributed by atoms with Crippen molar-refractivity contribution in [1.29, 1.82) is 0 Å². The van der Waals surface area contributed by atoms with Crippen molar-refractivity contribution < 1.29 is 0 Å². The predicted molar refractivity (Wildman–Crippen MR) is 186 cm³/mol. The van der Waals surface area contributed by atoms with Crippen molar-refractivity contribution in [2.45, 2.75) is 27.2 Å². The van der Waals surface area contributed by atoms with Gasteiger partial charge < -0.3 is 0 Å². The van der Waals surface area contributed by atoms with E-state index in [1.165, 1.54) is 123 Å². The van der Waals surface area contributed by atoms with E-state index in [2.05, 4.69) is 99.6 Å². The minimum atomic E-state index is 1.09. The maximum absolute atomic E-state index is 2.47. The van der Waals surface area contributed by atoms with Gasteiger partial charge in [0.15, 0.2) is 0 Å². The summed E-state index contributed by atoms with van der Waals surface area (Å²) in [6, 6.07) is 31.0. The molecule has 0 amide bonds. The van der Waals surface area contributed by atoms with Crippen LogP contribution in [0.5, 0.6) is 0 Å². The Balaban J connectivity index is 1.37. The van der Waals surface area contributed by atoms with Crippen molar-refractivity contribution in [2.24, 2.45) is 0 Å². The Bertz CT molecular complexity index is 2730. The maximum Gasteiger partial charge on any atom is 0.0440 e. The molecule has 0 radical (unpaired) electrons. The summed E-state index contributed by atoms with van der Waals surface area (Å²) in [5.74, 6) is 0. The lowest BCUT2D eigenvalue weighted by atomic mass is 9.83. The monoisotopic (exact) mass is 568 g/mol. The first-order valence-corrected chi connectivity index (χ1v) is 16.6. The number of benzene rings is 7. The maximum atomic E-state index is 2.47. The van der Waals surface area contributed by atoms with Crippen LogP contribution in [-0.4, -0.2) is 0 Å². The summed E-state index contributed by atoms with van der Waals surface area (Å²) >= 11 is 3.96. The Kier molecular flexibility index (Phi) is 3.84. The van der Waals surface area contributed by atoms with Gasteiger partial charge in [-0.05, 0) is 109 Å². The molecule has 196 valence electrons. The Morgan fingerprint density at radius 2 is 1.14 bits per heavy atom. The summed E-state index contributed by atoms with van der Waals surface area (Å²) in [5.41, 5.74) is 11.3. The van der Waals surface area contributed by atoms with E-state index in [-0.39, 0.29) is 0 Å². The zero-order valence-corrected chi connectivity index (χ0v) is 25.2. The second kappa shape index (κ2) is 7.21. The van der Waals surface area contributed by atoms with E-state index in [0.29, 0.717) is 0 Å². The average Bonchev–Trinajstić information content (AvgIpc) is 3.75. The van der Waals surface area contributed by atoms with Gasteiger partial charge in [-0.25, -0.2) is 0 Å². The molecule has 0 nitrogen and oxygen atoms in total. The van der Waals surface area contributed by atoms with E-state index in [0.717, 1.165) is 6.42 Å². The van der Waals surface area contributed by atoms with Gasteiger partial charge in [-0.1, -0.05) is 67.6 Å². The van der Waals surface area contributed by atoms with Crippen LogP contribution in [0.1, 0.15) is 22.9 Å². The molecule has 0 bridgehead atoms. The lowest BCUT2D eigenvalue weighted by Gasteiger charge is -2.19. The third-order valence-electron chi connectivity index (χ3n) is 10.4. The van der Waals surface area contributed by atoms with Crippen LogP contribution in [0.2, 0.25) is 0 Å². The molecular weight excluding hydrogens is 545 g/mol. The van der Waals surface area contributed by atoms with E-state index in [1.54, 1.807) is 0 Å². The summed E-state index contributed by atoms with van der Waals surface area (Å²) in [6.45, 7) is 6.75. The summed E-state index contributed by atoms with van der Waals surface area (Å²) in [7, 11) is 0. The van der Waals surface area contributed by atoms with Crippen molar-refractivity contribution in [3.8, 4) is 43.1 Å². The van der Waals surface area contributed by atoms with Crippen LogP contribution in [0.4, 0.5) is 0 Å². The summed E-state index contributed by atoms with van der Waals surface area (Å²) in [5, 5.41) is 15.6. The molecule has 0 spiro atoms. The first-order chi connectivity index (χ1) is 20.6. The first-order valence-electron chi connectivity index (χ1n) is 14.9. The smallest absolute Gasteiger partial charge is 0.0440 e. The van der Waals surface area contributed by atoms with Crippen molar-refractivity contribution in [2.75, 3.05) is 0 Å². The number of fused-ring (bicyclic) bond motifs is 13. The molecule has 2 heteroatoms. The fourth-order valence-corrected chi connectivity index (χ4v) is 10.9. The molecule has 2 heterocycles. The Morgan fingerprint density at radius 1 is 0.476 bits per heavy atom. The van der Waals surface area contributed by atoms with Gasteiger partial charge in [0.1, 0.15) is 0 Å². The van der Waals surface area contributed by atoms with Gasteiger partial charge in [0, 0.05) is 52.4 Å². The fraction of sp³-hybridized carbons (Fsp3) is 0.100. The quantitative estimate of drug-likeness (QED) is 0.136. The molecule has 42 heavy (non-hydrogen) atoms. The van der Waals surface area contributed by atoms with Gasteiger partial charge in [0.25, 0.3) is 0 Å². The topological polar surface area (TPSA) is 0 Å². The number of hydrogen-bond donors (Lipinski definition) is 0. The molecule has 0 atom stereocenters. The van der Waals surface area contributed by atoms with E-state index in [9.17, 15) is 0 Å². The van der Waals surface area contributed by atoms with E-state index >= 15 is 0 Å². The average molecular weight is 569 g/mol. The number of thiophene rings is 2. The van der Waals surface area contributed by atoms with Gasteiger partial charge in [0.05, 0.1) is 0 Å². The van der Waals surface area contributed by atoms with Crippen LogP contribution in [0.25, 0.3) is 107 Å². The predicted octanol–water partition coefficient (Wildman–Crippen LogP) is 12.6. The highest BCUT2D eigenvalue weighted by Crippen LogP contribution is 2.61. The zero-order chi connectivity index (χ0) is 27.6. The van der Waals surface area contributed by atoms with Crippen molar-refractivity contribution in [1.82, 2.24) is 0 Å². The van der Waals surface area contributed by atoms with Crippen LogP contribution in [0.3, 0.4) is 0 Å². The third-order valence-corrected chi connectivity index (χ3v) is 12.9. The number of hydrogen-bond acceptors (Lipinski definition) is 2. The van der Waals surface area contributed by atoms with Gasteiger partial charge in [-0.15, -0.1) is 22.7 Å². The second-order valence-corrected chi connectivity index (χ2v) is 14.5. The standard InChI is InChI=1S/C40H24S2/c1-4-20-17-30-34-22-8-6-5-7-21(22)33-25-11-12-26-35-27(40-36(26)29-15-18(2)19(3)16-31(29)42-40)13-9-23(32(25)35)24-10-14-28(39(30)41-20)38(34)37(24)33/h5-17H,4H2,1-3H3. The molecule has 0 saturated carbocycles. The molecule has 11 rings (SSSR count). The van der Waals surface area contributed by atoms with Gasteiger partial charge >= 0.3 is 0 Å². The molecule has 0 unspecified atom stereocenters. The van der Waals surface area contributed by atoms with Crippen LogP contribution in [-0.2, 0) is 6.42 Å². The Labute approximate surface area is 250 Å². The minimum Gasteiger partial charge on any atom is -0.140 e. The lowest BCUT2D eigenvalue weighted by molar-refractivity contribution is 1.19.